The van der Waals surface area contributed by atoms with Crippen LogP contribution in [0.5, 0.6) is 0 Å². The summed E-state index contributed by atoms with van der Waals surface area (Å²) in [6, 6.07) is 0. The molecule has 0 radical (unpaired) electrons. The van der Waals surface area contributed by atoms with Crippen molar-refractivity contribution in [2.45, 2.75) is 56.6 Å². The Morgan fingerprint density at radius 1 is 0.778 bits per heavy atom. The second-order valence-corrected chi connectivity index (χ2v) is 10.8. The number of hydrogen-bond donors (Lipinski definition) is 0. The number of benzene rings is 1. The van der Waals surface area contributed by atoms with Gasteiger partial charge in [-0.15, -0.1) is 11.8 Å². The maximum Gasteiger partial charge on any atom is 0.234 e. The zero-order valence-electron chi connectivity index (χ0n) is 16.6. The number of ketones is 3. The summed E-state index contributed by atoms with van der Waals surface area (Å²) >= 11 is 1.52. The average molecular weight is 381 g/mol. The van der Waals surface area contributed by atoms with E-state index in [0.717, 1.165) is 11.1 Å². The van der Waals surface area contributed by atoms with Crippen LogP contribution in [0.3, 0.4) is 0 Å². The lowest BCUT2D eigenvalue weighted by Crippen LogP contribution is -2.28. The van der Waals surface area contributed by atoms with Gasteiger partial charge in [-0.05, 0) is 28.7 Å². The van der Waals surface area contributed by atoms with Crippen molar-refractivity contribution in [2.75, 3.05) is 0 Å². The molecule has 1 aromatic rings. The highest BCUT2D eigenvalue weighted by Gasteiger charge is 2.38. The van der Waals surface area contributed by atoms with Gasteiger partial charge in [0.2, 0.25) is 11.6 Å². The molecule has 0 amide bonds. The van der Waals surface area contributed by atoms with E-state index in [1.54, 1.807) is 12.2 Å². The van der Waals surface area contributed by atoms with Crippen molar-refractivity contribution in [1.82, 2.24) is 0 Å². The molecule has 0 saturated heterocycles. The molecule has 0 heterocycles. The normalized spacial score (nSPS) is 16.7. The van der Waals surface area contributed by atoms with Gasteiger partial charge in [-0.25, -0.2) is 0 Å². The molecule has 3 rings (SSSR count). The van der Waals surface area contributed by atoms with E-state index in [-0.39, 0.29) is 15.9 Å². The zero-order chi connectivity index (χ0) is 20.3. The maximum absolute atomic E-state index is 13.1. The second-order valence-electron chi connectivity index (χ2n) is 8.96. The fourth-order valence-corrected chi connectivity index (χ4v) is 4.72. The molecule has 0 atom stereocenters. The summed E-state index contributed by atoms with van der Waals surface area (Å²) < 4.78 is -0.194. The molecule has 0 fully saturated rings. The molecule has 4 heteroatoms. The summed E-state index contributed by atoms with van der Waals surface area (Å²) in [5.41, 5.74) is 3.30. The Hall–Kier alpha value is -2.20. The molecule has 27 heavy (non-hydrogen) atoms. The van der Waals surface area contributed by atoms with Crippen LogP contribution in [0, 0.1) is 0 Å². The van der Waals surface area contributed by atoms with Gasteiger partial charge in [0, 0.05) is 31.9 Å². The molecule has 1 aromatic carbocycles. The lowest BCUT2D eigenvalue weighted by Gasteiger charge is -2.33. The van der Waals surface area contributed by atoms with Crippen LogP contribution in [0.2, 0.25) is 0 Å². The van der Waals surface area contributed by atoms with Crippen molar-refractivity contribution in [2.24, 2.45) is 0 Å². The minimum Gasteiger partial charge on any atom is -0.289 e. The van der Waals surface area contributed by atoms with Crippen LogP contribution >= 0.6 is 11.8 Å². The van der Waals surface area contributed by atoms with Crippen molar-refractivity contribution >= 4 is 41.3 Å². The van der Waals surface area contributed by atoms with Gasteiger partial charge in [0.15, 0.2) is 5.78 Å². The van der Waals surface area contributed by atoms with Gasteiger partial charge in [-0.3, -0.25) is 14.4 Å². The lowest BCUT2D eigenvalue weighted by molar-refractivity contribution is -0.110. The number of carbonyl (C=O) groups is 3. The van der Waals surface area contributed by atoms with Gasteiger partial charge in [0.25, 0.3) is 0 Å². The van der Waals surface area contributed by atoms with E-state index in [0.29, 0.717) is 27.2 Å². The summed E-state index contributed by atoms with van der Waals surface area (Å²) in [6.45, 7) is 16.1. The van der Waals surface area contributed by atoms with Crippen LogP contribution in [-0.2, 0) is 10.2 Å². The van der Waals surface area contributed by atoms with Gasteiger partial charge in [0.1, 0.15) is 0 Å². The number of allylic oxidation sites excluding steroid dienone is 3. The van der Waals surface area contributed by atoms with Crippen LogP contribution in [0.4, 0.5) is 0 Å². The Kier molecular flexibility index (Phi) is 4.47. The number of carbonyl (C=O) groups excluding carboxylic acids is 3. The quantitative estimate of drug-likeness (QED) is 0.371. The first kappa shape index (κ1) is 19.6. The van der Waals surface area contributed by atoms with Gasteiger partial charge >= 0.3 is 0 Å². The Labute approximate surface area is 164 Å². The molecule has 0 saturated carbocycles. The summed E-state index contributed by atoms with van der Waals surface area (Å²) in [7, 11) is 0. The number of hydrogen-bond acceptors (Lipinski definition) is 4. The first-order chi connectivity index (χ1) is 12.3. The van der Waals surface area contributed by atoms with E-state index in [9.17, 15) is 14.4 Å². The first-order valence-corrected chi connectivity index (χ1v) is 9.76. The SMILES string of the molecule is C=C1C=Cc2c(SC(C)(C)C)c3c(c(C(C)(C)C)c2C1=O)C=CC(=O)C3=O. The highest BCUT2D eigenvalue weighted by Crippen LogP contribution is 2.47. The molecule has 0 N–H and O–H groups in total. The smallest absolute Gasteiger partial charge is 0.234 e. The second kappa shape index (κ2) is 6.16. The van der Waals surface area contributed by atoms with Gasteiger partial charge in [0.05, 0.1) is 0 Å². The summed E-state index contributed by atoms with van der Waals surface area (Å²) in [5, 5.41) is 0. The predicted octanol–water partition coefficient (Wildman–Crippen LogP) is 5.42. The largest absolute Gasteiger partial charge is 0.289 e. The van der Waals surface area contributed by atoms with E-state index in [1.165, 1.54) is 17.8 Å². The van der Waals surface area contributed by atoms with E-state index in [2.05, 4.69) is 6.58 Å². The van der Waals surface area contributed by atoms with Gasteiger partial charge in [-0.1, -0.05) is 60.3 Å². The van der Waals surface area contributed by atoms with Crippen molar-refractivity contribution in [3.05, 3.63) is 52.1 Å². The summed E-state index contributed by atoms with van der Waals surface area (Å²) in [4.78, 5) is 38.9. The van der Waals surface area contributed by atoms with Crippen LogP contribution in [0.25, 0.3) is 12.2 Å². The van der Waals surface area contributed by atoms with Crippen molar-refractivity contribution < 1.29 is 14.4 Å². The molecule has 0 aromatic heterocycles. The van der Waals surface area contributed by atoms with Crippen LogP contribution < -0.4 is 0 Å². The highest BCUT2D eigenvalue weighted by atomic mass is 32.2. The van der Waals surface area contributed by atoms with E-state index < -0.39 is 11.6 Å². The third-order valence-electron chi connectivity index (χ3n) is 4.51. The third-order valence-corrected chi connectivity index (χ3v) is 5.75. The Bertz CT molecular complexity index is 977. The van der Waals surface area contributed by atoms with E-state index in [4.69, 9.17) is 0 Å². The number of fused-ring (bicyclic) bond motifs is 2. The molecule has 0 unspecified atom stereocenters. The minimum absolute atomic E-state index is 0.117. The molecule has 0 aliphatic heterocycles. The van der Waals surface area contributed by atoms with Gasteiger partial charge in [-0.2, -0.15) is 0 Å². The highest BCUT2D eigenvalue weighted by molar-refractivity contribution is 8.00. The molecule has 140 valence electrons. The molecule has 2 aliphatic carbocycles. The predicted molar refractivity (Wildman–Crippen MR) is 112 cm³/mol. The lowest BCUT2D eigenvalue weighted by atomic mass is 9.72. The Morgan fingerprint density at radius 2 is 1.37 bits per heavy atom. The summed E-state index contributed by atoms with van der Waals surface area (Å²) in [5.74, 6) is -1.14. The van der Waals surface area contributed by atoms with Crippen LogP contribution in [0.1, 0.15) is 78.9 Å². The first-order valence-electron chi connectivity index (χ1n) is 8.95. The molecule has 0 bridgehead atoms. The van der Waals surface area contributed by atoms with Crippen molar-refractivity contribution in [3.63, 3.8) is 0 Å². The Balaban J connectivity index is 2.55. The average Bonchev–Trinajstić information content (AvgIpc) is 2.52. The van der Waals surface area contributed by atoms with E-state index in [1.807, 2.05) is 47.6 Å². The third kappa shape index (κ3) is 3.27. The molecular weight excluding hydrogens is 356 g/mol. The molecule has 2 aliphatic rings. The number of Topliss-reactive ketones (excluding diaryl/α,β-unsaturated/α-hetero) is 2. The topological polar surface area (TPSA) is 51.2 Å². The summed E-state index contributed by atoms with van der Waals surface area (Å²) in [6.07, 6.45) is 6.57. The van der Waals surface area contributed by atoms with Crippen molar-refractivity contribution in [1.29, 1.82) is 0 Å². The monoisotopic (exact) mass is 380 g/mol. The standard InChI is InChI=1S/C23H24O3S/c1-12-8-9-14-16(19(12)25)18(22(2,3)4)13-10-11-15(24)20(26)17(13)21(14)27-23(5,6)7/h8-11H,1H2,2-7H3. The maximum atomic E-state index is 13.1. The van der Waals surface area contributed by atoms with Crippen LogP contribution in [0.15, 0.2) is 29.2 Å². The molecule has 3 nitrogen and oxygen atoms in total. The fraction of sp³-hybridized carbons (Fsp3) is 0.348. The number of thioether (sulfide) groups is 1. The number of rotatable bonds is 1. The molecule has 0 spiro atoms. The fourth-order valence-electron chi connectivity index (χ4n) is 3.52. The van der Waals surface area contributed by atoms with E-state index >= 15 is 0 Å². The zero-order valence-corrected chi connectivity index (χ0v) is 17.5. The van der Waals surface area contributed by atoms with Crippen LogP contribution in [-0.4, -0.2) is 22.1 Å². The molecular formula is C23H24O3S. The minimum atomic E-state index is -0.520. The van der Waals surface area contributed by atoms with Gasteiger partial charge < -0.3 is 0 Å². The Morgan fingerprint density at radius 3 is 1.93 bits per heavy atom. The van der Waals surface area contributed by atoms with Crippen molar-refractivity contribution in [3.8, 4) is 0 Å².